The number of aromatic nitrogens is 4. The van der Waals surface area contributed by atoms with E-state index < -0.39 is 44.3 Å². The van der Waals surface area contributed by atoms with Gasteiger partial charge in [-0.05, 0) is 75.3 Å². The average Bonchev–Trinajstić information content (AvgIpc) is 3.74. The third-order valence-corrected chi connectivity index (χ3v) is 11.8. The van der Waals surface area contributed by atoms with Crippen LogP contribution >= 0.6 is 8.30 Å². The number of carbonyl (C=O) groups excluding carboxylic acids is 1. The first-order valence-electron chi connectivity index (χ1n) is 18.6. The Kier molecular flexibility index (Phi) is 12.6. The number of rotatable bonds is 15. The molecule has 0 bridgehead atoms. The lowest BCUT2D eigenvalue weighted by atomic mass is 9.80. The van der Waals surface area contributed by atoms with Crippen LogP contribution in [0.4, 0.5) is 10.3 Å². The molecule has 1 unspecified atom stereocenters. The standard InChI is InChI=1S/C41H50FN6O7P/c1-24(2)36(49)45-40-44-35-33(37(50)46-40)43-23-47(35)38-32(42)34(55-56(9)48(25(3)4)26(5)6)39(53-38)54-41(27-13-11-10-12-14-27,28-15-19-30(51-7)20-16-28)29-17-21-31(52-8)22-18-29/h10-26,32,34,38-39H,1-9H3,(H2,44,45,46,49,50)/t32-,34+,38-,39-,56?/m1/s1. The van der Waals surface area contributed by atoms with Crippen LogP contribution < -0.4 is 20.3 Å². The molecule has 15 heteroatoms. The zero-order valence-corrected chi connectivity index (χ0v) is 34.0. The number of ether oxygens (including phenoxy) is 4. The number of nitrogens with one attached hydrogen (secondary N) is 2. The van der Waals surface area contributed by atoms with Crippen LogP contribution in [0.3, 0.4) is 0 Å². The number of aromatic amines is 1. The number of alkyl halides is 1. The van der Waals surface area contributed by atoms with E-state index in [1.165, 1.54) is 10.9 Å². The summed E-state index contributed by atoms with van der Waals surface area (Å²) in [6.07, 6.45) is -4.52. The number of nitrogens with zero attached hydrogens (tertiary/aromatic N) is 4. The average molecular weight is 789 g/mol. The number of hydrogen-bond donors (Lipinski definition) is 2. The molecule has 3 aromatic carbocycles. The van der Waals surface area contributed by atoms with E-state index in [1.54, 1.807) is 28.1 Å². The number of benzene rings is 3. The third-order valence-electron chi connectivity index (χ3n) is 9.72. The van der Waals surface area contributed by atoms with Crippen LogP contribution in [0.5, 0.6) is 11.5 Å². The molecule has 0 spiro atoms. The lowest BCUT2D eigenvalue weighted by molar-refractivity contribution is -0.212. The first-order chi connectivity index (χ1) is 26.8. The molecule has 0 aliphatic carbocycles. The predicted octanol–water partition coefficient (Wildman–Crippen LogP) is 7.38. The van der Waals surface area contributed by atoms with Gasteiger partial charge in [0.25, 0.3) is 5.56 Å². The molecule has 56 heavy (non-hydrogen) atoms. The molecule has 1 saturated heterocycles. The first kappa shape index (κ1) is 40.9. The van der Waals surface area contributed by atoms with Crippen LogP contribution in [0.1, 0.15) is 64.5 Å². The molecule has 0 saturated carbocycles. The van der Waals surface area contributed by atoms with E-state index in [9.17, 15) is 9.59 Å². The number of imidazole rings is 1. The highest BCUT2D eigenvalue weighted by atomic mass is 31.2. The molecule has 5 atom stereocenters. The lowest BCUT2D eigenvalue weighted by Crippen LogP contribution is -2.43. The van der Waals surface area contributed by atoms with E-state index in [1.807, 2.05) is 85.5 Å². The lowest BCUT2D eigenvalue weighted by Gasteiger charge is -2.40. The molecule has 1 amide bonds. The largest absolute Gasteiger partial charge is 0.497 e. The predicted molar refractivity (Wildman–Crippen MR) is 214 cm³/mol. The molecule has 5 aromatic rings. The zero-order valence-electron chi connectivity index (χ0n) is 33.1. The summed E-state index contributed by atoms with van der Waals surface area (Å²) in [5.74, 6) is 0.453. The van der Waals surface area contributed by atoms with Crippen LogP contribution in [0.25, 0.3) is 11.2 Å². The smallest absolute Gasteiger partial charge is 0.280 e. The summed E-state index contributed by atoms with van der Waals surface area (Å²) in [5, 5.41) is 2.62. The number of methoxy groups -OCH3 is 2. The quantitative estimate of drug-likeness (QED) is 0.0816. The number of carbonyl (C=O) groups is 1. The minimum atomic E-state index is -1.83. The topological polar surface area (TPSA) is 142 Å². The summed E-state index contributed by atoms with van der Waals surface area (Å²) in [7, 11) is 1.81. The molecule has 13 nitrogen and oxygen atoms in total. The Morgan fingerprint density at radius 3 is 1.98 bits per heavy atom. The molecule has 2 N–H and O–H groups in total. The fourth-order valence-corrected chi connectivity index (χ4v) is 9.11. The second-order valence-corrected chi connectivity index (χ2v) is 16.0. The van der Waals surface area contributed by atoms with Gasteiger partial charge in [-0.1, -0.05) is 68.4 Å². The fourth-order valence-electron chi connectivity index (χ4n) is 7.14. The Hall–Kier alpha value is -4.72. The molecule has 1 aliphatic rings. The summed E-state index contributed by atoms with van der Waals surface area (Å²) < 4.78 is 52.8. The number of hydrogen-bond acceptors (Lipinski definition) is 10. The van der Waals surface area contributed by atoms with Gasteiger partial charge in [0.2, 0.25) is 11.9 Å². The first-order valence-corrected chi connectivity index (χ1v) is 20.2. The second-order valence-electron chi connectivity index (χ2n) is 14.4. The molecule has 1 aliphatic heterocycles. The maximum Gasteiger partial charge on any atom is 0.280 e. The Labute approximate surface area is 327 Å². The van der Waals surface area contributed by atoms with E-state index >= 15 is 4.39 Å². The highest BCUT2D eigenvalue weighted by Gasteiger charge is 2.54. The van der Waals surface area contributed by atoms with E-state index in [0.29, 0.717) is 22.6 Å². The van der Waals surface area contributed by atoms with Crippen LogP contribution in [-0.4, -0.2) is 81.6 Å². The van der Waals surface area contributed by atoms with E-state index in [0.717, 1.165) is 5.56 Å². The van der Waals surface area contributed by atoms with Gasteiger partial charge in [-0.15, -0.1) is 0 Å². The third kappa shape index (κ3) is 8.07. The highest BCUT2D eigenvalue weighted by molar-refractivity contribution is 7.49. The molecular weight excluding hydrogens is 738 g/mol. The molecule has 0 radical (unpaired) electrons. The Balaban J connectivity index is 1.52. The number of fused-ring (bicyclic) bond motifs is 1. The van der Waals surface area contributed by atoms with E-state index in [4.69, 9.17) is 23.5 Å². The highest BCUT2D eigenvalue weighted by Crippen LogP contribution is 2.51. The van der Waals surface area contributed by atoms with Crippen LogP contribution in [0.15, 0.2) is 90.0 Å². The minimum absolute atomic E-state index is 0.0178. The van der Waals surface area contributed by atoms with E-state index in [2.05, 4.69) is 52.6 Å². The van der Waals surface area contributed by atoms with Gasteiger partial charge in [0.1, 0.15) is 31.5 Å². The van der Waals surface area contributed by atoms with Crippen molar-refractivity contribution in [3.8, 4) is 11.5 Å². The number of H-pyrrole nitrogens is 1. The summed E-state index contributed by atoms with van der Waals surface area (Å²) in [5.41, 5.74) is 0.153. The molecule has 298 valence electrons. The SMILES string of the molecule is COc1ccc(C(O[C@H]2O[C@@H](n3cnc4c(=O)[nH]c(NC(=O)C(C)C)nc43)[C@H](F)[C@@H]2OP(C)N(C(C)C)C(C)C)(c2ccccc2)c2ccc(OC)cc2)cc1. The van der Waals surface area contributed by atoms with Crippen molar-refractivity contribution in [2.24, 2.45) is 5.92 Å². The van der Waals surface area contributed by atoms with Gasteiger partial charge in [0.05, 0.1) is 20.5 Å². The fraction of sp³-hybridized carbons (Fsp3) is 0.415. The monoisotopic (exact) mass is 788 g/mol. The van der Waals surface area contributed by atoms with Crippen LogP contribution in [0, 0.1) is 5.92 Å². The normalized spacial score (nSPS) is 19.3. The van der Waals surface area contributed by atoms with Gasteiger partial charge in [-0.2, -0.15) is 4.98 Å². The molecule has 6 rings (SSSR count). The van der Waals surface area contributed by atoms with Crippen molar-refractivity contribution < 1.29 is 32.7 Å². The summed E-state index contributed by atoms with van der Waals surface area (Å²) >= 11 is 0. The van der Waals surface area contributed by atoms with Gasteiger partial charge >= 0.3 is 0 Å². The van der Waals surface area contributed by atoms with Crippen molar-refractivity contribution in [1.82, 2.24) is 24.2 Å². The van der Waals surface area contributed by atoms with Crippen LogP contribution in [0.2, 0.25) is 0 Å². The summed E-state index contributed by atoms with van der Waals surface area (Å²) in [4.78, 5) is 37.0. The van der Waals surface area contributed by atoms with Crippen molar-refractivity contribution >= 4 is 31.3 Å². The number of halogens is 1. The van der Waals surface area contributed by atoms with Gasteiger partial charge in [0.15, 0.2) is 29.9 Å². The maximum atomic E-state index is 17.5. The molecule has 3 heterocycles. The number of anilines is 1. The zero-order chi connectivity index (χ0) is 40.3. The van der Waals surface area contributed by atoms with Gasteiger partial charge in [-0.25, -0.2) is 9.37 Å². The summed E-state index contributed by atoms with van der Waals surface area (Å²) in [6.45, 7) is 13.7. The van der Waals surface area contributed by atoms with Crippen molar-refractivity contribution in [2.45, 2.75) is 84.0 Å². The van der Waals surface area contributed by atoms with Gasteiger partial charge in [-0.3, -0.25) is 29.1 Å². The minimum Gasteiger partial charge on any atom is -0.497 e. The van der Waals surface area contributed by atoms with E-state index in [-0.39, 0.29) is 41.0 Å². The van der Waals surface area contributed by atoms with Crippen LogP contribution in [-0.2, 0) is 24.4 Å². The van der Waals surface area contributed by atoms with Gasteiger partial charge in [0, 0.05) is 18.0 Å². The van der Waals surface area contributed by atoms with Gasteiger partial charge < -0.3 is 23.5 Å². The van der Waals surface area contributed by atoms with Crippen molar-refractivity contribution in [1.29, 1.82) is 0 Å². The van der Waals surface area contributed by atoms with Crippen molar-refractivity contribution in [3.05, 3.63) is 112 Å². The Morgan fingerprint density at radius 2 is 1.46 bits per heavy atom. The number of amides is 1. The maximum absolute atomic E-state index is 17.5. The molecule has 1 fully saturated rings. The Bertz CT molecular complexity index is 2090. The van der Waals surface area contributed by atoms with Crippen molar-refractivity contribution in [2.75, 3.05) is 26.2 Å². The van der Waals surface area contributed by atoms with Crippen molar-refractivity contribution in [3.63, 3.8) is 0 Å². The Morgan fingerprint density at radius 1 is 0.911 bits per heavy atom. The molecular formula is C41H50FN6O7P. The molecule has 2 aromatic heterocycles. The second kappa shape index (κ2) is 17.2. The summed E-state index contributed by atoms with van der Waals surface area (Å²) in [6, 6.07) is 24.8.